The molecule has 0 saturated carbocycles. The molecule has 0 aliphatic heterocycles. The summed E-state index contributed by atoms with van der Waals surface area (Å²) in [5.74, 6) is 0. The van der Waals surface area contributed by atoms with Crippen molar-refractivity contribution >= 4 is 39.0 Å². The molecule has 2 N–H and O–H groups in total. The van der Waals surface area contributed by atoms with Gasteiger partial charge in [0.1, 0.15) is 0 Å². The van der Waals surface area contributed by atoms with Crippen LogP contribution in [0.15, 0.2) is 23.2 Å². The lowest BCUT2D eigenvalue weighted by Crippen LogP contribution is -1.97. The number of nitrogens with zero attached hydrogens (tertiary/aromatic N) is 1. The van der Waals surface area contributed by atoms with Gasteiger partial charge in [0.25, 0.3) is 0 Å². The third kappa shape index (κ3) is 2.71. The lowest BCUT2D eigenvalue weighted by Gasteiger charge is -2.03. The number of isothiocyanates is 1. The Hall–Kier alpha value is -0.540. The first kappa shape index (κ1) is 10.5. The van der Waals surface area contributed by atoms with Gasteiger partial charge in [-0.1, -0.05) is 28.1 Å². The summed E-state index contributed by atoms with van der Waals surface area (Å²) in [4.78, 5) is 3.92. The summed E-state index contributed by atoms with van der Waals surface area (Å²) >= 11 is 7.91. The molecule has 4 heteroatoms. The zero-order valence-electron chi connectivity index (χ0n) is 6.96. The van der Waals surface area contributed by atoms with Gasteiger partial charge >= 0.3 is 0 Å². The Labute approximate surface area is 91.0 Å². The molecule has 0 aliphatic rings. The maximum absolute atomic E-state index is 5.57. The number of hydrogen-bond acceptors (Lipinski definition) is 3. The molecule has 0 aliphatic carbocycles. The van der Waals surface area contributed by atoms with Gasteiger partial charge in [0.15, 0.2) is 0 Å². The van der Waals surface area contributed by atoms with Crippen LogP contribution >= 0.6 is 28.1 Å². The van der Waals surface area contributed by atoms with Gasteiger partial charge in [-0.15, -0.1) is 0 Å². The lowest BCUT2D eigenvalue weighted by molar-refractivity contribution is 1.06. The van der Waals surface area contributed by atoms with E-state index in [9.17, 15) is 0 Å². The van der Waals surface area contributed by atoms with E-state index < -0.39 is 0 Å². The van der Waals surface area contributed by atoms with Crippen molar-refractivity contribution in [2.75, 3.05) is 0 Å². The molecule has 1 rings (SSSR count). The van der Waals surface area contributed by atoms with E-state index in [2.05, 4.69) is 38.3 Å². The molecule has 1 aromatic carbocycles. The van der Waals surface area contributed by atoms with Crippen LogP contribution < -0.4 is 5.73 Å². The monoisotopic (exact) mass is 256 g/mol. The number of halogens is 1. The van der Waals surface area contributed by atoms with Crippen molar-refractivity contribution in [3.8, 4) is 0 Å². The minimum absolute atomic E-state index is 0.469. The average Bonchev–Trinajstić information content (AvgIpc) is 2.19. The summed E-state index contributed by atoms with van der Waals surface area (Å²) in [6.45, 7) is 0.469. The molecule has 0 amide bonds. The SMILES string of the molecule is NCc1cc(CBr)ccc1N=C=S. The van der Waals surface area contributed by atoms with Crippen LogP contribution in [-0.2, 0) is 11.9 Å². The molecule has 2 nitrogen and oxygen atoms in total. The highest BCUT2D eigenvalue weighted by Crippen LogP contribution is 2.20. The van der Waals surface area contributed by atoms with Crippen molar-refractivity contribution in [1.82, 2.24) is 0 Å². The summed E-state index contributed by atoms with van der Waals surface area (Å²) in [6, 6.07) is 5.90. The lowest BCUT2D eigenvalue weighted by atomic mass is 10.1. The fraction of sp³-hybridized carbons (Fsp3) is 0.222. The van der Waals surface area contributed by atoms with Crippen LogP contribution in [0.1, 0.15) is 11.1 Å². The zero-order valence-corrected chi connectivity index (χ0v) is 9.36. The molecule has 0 radical (unpaired) electrons. The molecular formula is C9H9BrN2S. The predicted molar refractivity (Wildman–Crippen MR) is 61.7 cm³/mol. The molecule has 0 atom stereocenters. The highest BCUT2D eigenvalue weighted by atomic mass is 79.9. The van der Waals surface area contributed by atoms with Crippen LogP contribution in [0.2, 0.25) is 0 Å². The average molecular weight is 257 g/mol. The minimum Gasteiger partial charge on any atom is -0.326 e. The van der Waals surface area contributed by atoms with Gasteiger partial charge in [0.05, 0.1) is 10.8 Å². The molecule has 13 heavy (non-hydrogen) atoms. The standard InChI is InChI=1S/C9H9BrN2S/c10-4-7-1-2-9(12-6-13)8(3-7)5-11/h1-3H,4-5,11H2. The summed E-state index contributed by atoms with van der Waals surface area (Å²) in [7, 11) is 0. The molecule has 0 saturated heterocycles. The summed E-state index contributed by atoms with van der Waals surface area (Å²) in [5, 5.41) is 3.16. The first-order chi connectivity index (χ1) is 6.31. The van der Waals surface area contributed by atoms with Crippen molar-refractivity contribution < 1.29 is 0 Å². The van der Waals surface area contributed by atoms with E-state index in [4.69, 9.17) is 5.73 Å². The number of hydrogen-bond donors (Lipinski definition) is 1. The van der Waals surface area contributed by atoms with Crippen molar-refractivity contribution in [2.45, 2.75) is 11.9 Å². The maximum Gasteiger partial charge on any atom is 0.0784 e. The number of nitrogens with two attached hydrogens (primary N) is 1. The summed E-state index contributed by atoms with van der Waals surface area (Å²) < 4.78 is 0. The van der Waals surface area contributed by atoms with Gasteiger partial charge in [-0.05, 0) is 29.4 Å². The first-order valence-corrected chi connectivity index (χ1v) is 5.30. The number of alkyl halides is 1. The third-order valence-electron chi connectivity index (χ3n) is 1.68. The Morgan fingerprint density at radius 2 is 2.31 bits per heavy atom. The number of rotatable bonds is 3. The Balaban J connectivity index is 3.15. The Morgan fingerprint density at radius 1 is 1.54 bits per heavy atom. The normalized spacial score (nSPS) is 9.38. The summed E-state index contributed by atoms with van der Waals surface area (Å²) in [5.41, 5.74) is 8.55. The smallest absolute Gasteiger partial charge is 0.0784 e. The second kappa shape index (κ2) is 5.25. The van der Waals surface area contributed by atoms with Crippen molar-refractivity contribution in [1.29, 1.82) is 0 Å². The van der Waals surface area contributed by atoms with Crippen LogP contribution in [-0.4, -0.2) is 5.16 Å². The van der Waals surface area contributed by atoms with Crippen molar-refractivity contribution in [2.24, 2.45) is 10.7 Å². The fourth-order valence-corrected chi connectivity index (χ4v) is 1.49. The highest BCUT2D eigenvalue weighted by Gasteiger charge is 2.00. The molecule has 0 heterocycles. The topological polar surface area (TPSA) is 38.4 Å². The molecule has 0 aromatic heterocycles. The van der Waals surface area contributed by atoms with E-state index in [0.29, 0.717) is 6.54 Å². The van der Waals surface area contributed by atoms with E-state index in [1.807, 2.05) is 18.2 Å². The molecule has 0 spiro atoms. The Kier molecular flexibility index (Phi) is 4.25. The predicted octanol–water partition coefficient (Wildman–Crippen LogP) is 2.77. The molecule has 0 fully saturated rings. The van der Waals surface area contributed by atoms with Crippen molar-refractivity contribution in [3.05, 3.63) is 29.3 Å². The van der Waals surface area contributed by atoms with Crippen molar-refractivity contribution in [3.63, 3.8) is 0 Å². The molecule has 0 bridgehead atoms. The van der Waals surface area contributed by atoms with Gasteiger partial charge in [-0.2, -0.15) is 4.99 Å². The van der Waals surface area contributed by atoms with E-state index in [1.165, 1.54) is 5.56 Å². The maximum atomic E-state index is 5.57. The second-order valence-corrected chi connectivity index (χ2v) is 3.25. The van der Waals surface area contributed by atoms with Gasteiger partial charge in [-0.3, -0.25) is 0 Å². The highest BCUT2D eigenvalue weighted by molar-refractivity contribution is 9.08. The third-order valence-corrected chi connectivity index (χ3v) is 2.42. The van der Waals surface area contributed by atoms with Gasteiger partial charge in [-0.25, -0.2) is 0 Å². The van der Waals surface area contributed by atoms with Gasteiger partial charge in [0.2, 0.25) is 0 Å². The van der Waals surface area contributed by atoms with Crippen LogP contribution in [0.3, 0.4) is 0 Å². The van der Waals surface area contributed by atoms with E-state index in [0.717, 1.165) is 16.6 Å². The minimum atomic E-state index is 0.469. The van der Waals surface area contributed by atoms with E-state index in [1.54, 1.807) is 0 Å². The zero-order chi connectivity index (χ0) is 9.68. The van der Waals surface area contributed by atoms with Crippen LogP contribution in [0.4, 0.5) is 5.69 Å². The number of thiocarbonyl (C=S) groups is 1. The van der Waals surface area contributed by atoms with E-state index >= 15 is 0 Å². The quantitative estimate of drug-likeness (QED) is 0.513. The number of aliphatic imine (C=N–C) groups is 1. The molecule has 68 valence electrons. The largest absolute Gasteiger partial charge is 0.326 e. The van der Waals surface area contributed by atoms with Gasteiger partial charge < -0.3 is 5.73 Å². The molecule has 0 unspecified atom stereocenters. The Morgan fingerprint density at radius 3 is 2.85 bits per heavy atom. The number of benzene rings is 1. The fourth-order valence-electron chi connectivity index (χ4n) is 1.04. The summed E-state index contributed by atoms with van der Waals surface area (Å²) in [6.07, 6.45) is 0. The molecular weight excluding hydrogens is 248 g/mol. The van der Waals surface area contributed by atoms with Crippen LogP contribution in [0.5, 0.6) is 0 Å². The van der Waals surface area contributed by atoms with Gasteiger partial charge in [0, 0.05) is 11.9 Å². The first-order valence-electron chi connectivity index (χ1n) is 3.77. The van der Waals surface area contributed by atoms with Crippen LogP contribution in [0, 0.1) is 0 Å². The second-order valence-electron chi connectivity index (χ2n) is 2.50. The Bertz CT molecular complexity index is 345. The van der Waals surface area contributed by atoms with Crippen LogP contribution in [0.25, 0.3) is 0 Å². The van der Waals surface area contributed by atoms with E-state index in [-0.39, 0.29) is 0 Å². The molecule has 1 aromatic rings.